The number of hydrogen-bond donors (Lipinski definition) is 1. The lowest BCUT2D eigenvalue weighted by atomic mass is 9.52. The monoisotopic (exact) mass is 239 g/mol. The highest BCUT2D eigenvalue weighted by atomic mass is 19.1. The van der Waals surface area contributed by atoms with Crippen molar-refractivity contribution < 1.29 is 8.78 Å². The van der Waals surface area contributed by atoms with E-state index < -0.39 is 0 Å². The molecule has 0 radical (unpaired) electrons. The third-order valence-electron chi connectivity index (χ3n) is 4.57. The van der Waals surface area contributed by atoms with Gasteiger partial charge in [-0.25, -0.2) is 8.78 Å². The van der Waals surface area contributed by atoms with Crippen molar-refractivity contribution in [3.05, 3.63) is 35.4 Å². The summed E-state index contributed by atoms with van der Waals surface area (Å²) in [6, 6.07) is 3.80. The smallest absolute Gasteiger partial charge is 0.126 e. The molecule has 2 N–H and O–H groups in total. The highest BCUT2D eigenvalue weighted by molar-refractivity contribution is 5.30. The second-order valence-corrected chi connectivity index (χ2v) is 5.00. The molecule has 3 heteroatoms. The van der Waals surface area contributed by atoms with Gasteiger partial charge in [-0.05, 0) is 54.4 Å². The van der Waals surface area contributed by atoms with Crippen molar-refractivity contribution in [1.82, 2.24) is 0 Å². The van der Waals surface area contributed by atoms with Crippen LogP contribution >= 0.6 is 0 Å². The van der Waals surface area contributed by atoms with E-state index in [1.807, 2.05) is 0 Å². The fraction of sp³-hybridized carbons (Fsp3) is 0.571. The molecular formula is C14H19F2N. The van der Waals surface area contributed by atoms with Crippen molar-refractivity contribution in [2.75, 3.05) is 0 Å². The standard InChI is InChI=1S/C14H19F2N/c1-3-14(4-2)11(8-13(14)17)10-7-9(15)5-6-12(10)16/h5-7,11,13H,3-4,8,17H2,1-2H3. The summed E-state index contributed by atoms with van der Waals surface area (Å²) in [5.41, 5.74) is 6.51. The molecule has 2 unspecified atom stereocenters. The third-order valence-corrected chi connectivity index (χ3v) is 4.57. The molecule has 2 atom stereocenters. The summed E-state index contributed by atoms with van der Waals surface area (Å²) in [4.78, 5) is 0. The molecule has 94 valence electrons. The van der Waals surface area contributed by atoms with Crippen molar-refractivity contribution in [3.63, 3.8) is 0 Å². The second-order valence-electron chi connectivity index (χ2n) is 5.00. The zero-order valence-corrected chi connectivity index (χ0v) is 10.3. The van der Waals surface area contributed by atoms with Crippen LogP contribution < -0.4 is 5.73 Å². The molecule has 0 bridgehead atoms. The zero-order chi connectivity index (χ0) is 12.6. The van der Waals surface area contributed by atoms with E-state index in [0.717, 1.165) is 25.3 Å². The largest absolute Gasteiger partial charge is 0.327 e. The van der Waals surface area contributed by atoms with Gasteiger partial charge in [0, 0.05) is 6.04 Å². The van der Waals surface area contributed by atoms with Gasteiger partial charge in [-0.15, -0.1) is 0 Å². The highest BCUT2D eigenvalue weighted by Gasteiger charge is 2.51. The summed E-state index contributed by atoms with van der Waals surface area (Å²) in [7, 11) is 0. The number of hydrogen-bond acceptors (Lipinski definition) is 1. The van der Waals surface area contributed by atoms with Gasteiger partial charge in [0.05, 0.1) is 0 Å². The minimum absolute atomic E-state index is 0.0585. The Hall–Kier alpha value is -0.960. The number of benzene rings is 1. The van der Waals surface area contributed by atoms with Crippen molar-refractivity contribution in [1.29, 1.82) is 0 Å². The predicted octanol–water partition coefficient (Wildman–Crippen LogP) is 3.59. The lowest BCUT2D eigenvalue weighted by Crippen LogP contribution is -2.56. The Balaban J connectivity index is 2.38. The average Bonchev–Trinajstić information content (AvgIpc) is 2.31. The first-order valence-corrected chi connectivity index (χ1v) is 6.25. The quantitative estimate of drug-likeness (QED) is 0.857. The summed E-state index contributed by atoms with van der Waals surface area (Å²) in [6.07, 6.45) is 2.57. The fourth-order valence-corrected chi connectivity index (χ4v) is 3.31. The zero-order valence-electron chi connectivity index (χ0n) is 10.3. The van der Waals surface area contributed by atoms with Gasteiger partial charge in [0.2, 0.25) is 0 Å². The van der Waals surface area contributed by atoms with E-state index in [2.05, 4.69) is 13.8 Å². The summed E-state index contributed by atoms with van der Waals surface area (Å²) in [5, 5.41) is 0. The first kappa shape index (κ1) is 12.5. The first-order chi connectivity index (χ1) is 8.05. The van der Waals surface area contributed by atoms with Crippen LogP contribution in [0.2, 0.25) is 0 Å². The molecule has 1 aromatic rings. The highest BCUT2D eigenvalue weighted by Crippen LogP contribution is 2.56. The van der Waals surface area contributed by atoms with Gasteiger partial charge in [0.1, 0.15) is 11.6 Å². The van der Waals surface area contributed by atoms with Crippen LogP contribution in [0.15, 0.2) is 18.2 Å². The van der Waals surface area contributed by atoms with E-state index in [-0.39, 0.29) is 29.0 Å². The van der Waals surface area contributed by atoms with E-state index in [1.54, 1.807) is 0 Å². The molecule has 1 aliphatic carbocycles. The molecule has 1 saturated carbocycles. The van der Waals surface area contributed by atoms with Crippen LogP contribution in [0.1, 0.15) is 44.6 Å². The van der Waals surface area contributed by atoms with Crippen LogP contribution in [0.4, 0.5) is 8.78 Å². The van der Waals surface area contributed by atoms with Crippen molar-refractivity contribution in [3.8, 4) is 0 Å². The maximum absolute atomic E-state index is 13.8. The molecule has 0 heterocycles. The maximum Gasteiger partial charge on any atom is 0.126 e. The number of halogens is 2. The first-order valence-electron chi connectivity index (χ1n) is 6.25. The molecule has 0 amide bonds. The molecule has 0 aliphatic heterocycles. The number of nitrogens with two attached hydrogens (primary N) is 1. The summed E-state index contributed by atoms with van der Waals surface area (Å²) in [6.45, 7) is 4.15. The van der Waals surface area contributed by atoms with Crippen LogP contribution in [0.5, 0.6) is 0 Å². The second kappa shape index (κ2) is 4.37. The van der Waals surface area contributed by atoms with Gasteiger partial charge >= 0.3 is 0 Å². The van der Waals surface area contributed by atoms with E-state index in [4.69, 9.17) is 5.73 Å². The van der Waals surface area contributed by atoms with Crippen LogP contribution in [0.3, 0.4) is 0 Å². The Morgan fingerprint density at radius 3 is 2.47 bits per heavy atom. The molecule has 0 aromatic heterocycles. The minimum Gasteiger partial charge on any atom is -0.327 e. The SMILES string of the molecule is CCC1(CC)C(N)CC1c1cc(F)ccc1F. The fourth-order valence-electron chi connectivity index (χ4n) is 3.31. The topological polar surface area (TPSA) is 26.0 Å². The normalized spacial score (nSPS) is 26.6. The molecule has 1 fully saturated rings. The average molecular weight is 239 g/mol. The molecule has 17 heavy (non-hydrogen) atoms. The molecule has 0 saturated heterocycles. The van der Waals surface area contributed by atoms with Crippen molar-refractivity contribution in [2.24, 2.45) is 11.1 Å². The van der Waals surface area contributed by atoms with Gasteiger partial charge in [0.25, 0.3) is 0 Å². The molecule has 1 aliphatic rings. The van der Waals surface area contributed by atoms with Crippen LogP contribution in [0.25, 0.3) is 0 Å². The Bertz CT molecular complexity index is 413. The number of rotatable bonds is 3. The minimum atomic E-state index is -0.372. The Morgan fingerprint density at radius 2 is 1.94 bits per heavy atom. The van der Waals surface area contributed by atoms with Crippen LogP contribution in [-0.2, 0) is 0 Å². The van der Waals surface area contributed by atoms with Gasteiger partial charge in [-0.3, -0.25) is 0 Å². The molecule has 1 nitrogen and oxygen atoms in total. The van der Waals surface area contributed by atoms with Crippen LogP contribution in [-0.4, -0.2) is 6.04 Å². The van der Waals surface area contributed by atoms with Crippen molar-refractivity contribution >= 4 is 0 Å². The van der Waals surface area contributed by atoms with E-state index in [1.165, 1.54) is 12.1 Å². The Morgan fingerprint density at radius 1 is 1.29 bits per heavy atom. The predicted molar refractivity (Wildman–Crippen MR) is 64.7 cm³/mol. The maximum atomic E-state index is 13.8. The lowest BCUT2D eigenvalue weighted by molar-refractivity contribution is 0.0416. The molecule has 1 aromatic carbocycles. The van der Waals surface area contributed by atoms with Gasteiger partial charge in [0.15, 0.2) is 0 Å². The molecular weight excluding hydrogens is 220 g/mol. The van der Waals surface area contributed by atoms with E-state index in [9.17, 15) is 8.78 Å². The van der Waals surface area contributed by atoms with E-state index >= 15 is 0 Å². The Kier molecular flexibility index (Phi) is 3.21. The summed E-state index contributed by atoms with van der Waals surface area (Å²) in [5.74, 6) is -0.624. The van der Waals surface area contributed by atoms with E-state index in [0.29, 0.717) is 5.56 Å². The van der Waals surface area contributed by atoms with Gasteiger partial charge < -0.3 is 5.73 Å². The molecule has 0 spiro atoms. The van der Waals surface area contributed by atoms with Gasteiger partial charge in [-0.2, -0.15) is 0 Å². The lowest BCUT2D eigenvalue weighted by Gasteiger charge is -2.55. The Labute approximate surface area is 101 Å². The van der Waals surface area contributed by atoms with Crippen molar-refractivity contribution in [2.45, 2.75) is 45.1 Å². The van der Waals surface area contributed by atoms with Gasteiger partial charge in [-0.1, -0.05) is 13.8 Å². The van der Waals surface area contributed by atoms with Crippen LogP contribution in [0, 0.1) is 17.0 Å². The molecule has 2 rings (SSSR count). The third kappa shape index (κ3) is 1.77. The summed E-state index contributed by atoms with van der Waals surface area (Å²) >= 11 is 0. The summed E-state index contributed by atoms with van der Waals surface area (Å²) < 4.78 is 27.0.